The minimum atomic E-state index is -3.77. The van der Waals surface area contributed by atoms with Crippen LogP contribution < -0.4 is 0 Å². The van der Waals surface area contributed by atoms with Gasteiger partial charge < -0.3 is 0 Å². The lowest BCUT2D eigenvalue weighted by molar-refractivity contribution is 0.402. The molecule has 3 aromatic carbocycles. The molecule has 0 saturated heterocycles. The molecule has 3 nitrogen and oxygen atoms in total. The third-order valence-corrected chi connectivity index (χ3v) is 6.39. The Morgan fingerprint density at radius 2 is 1.52 bits per heavy atom. The van der Waals surface area contributed by atoms with Crippen LogP contribution in [0.4, 0.5) is 0 Å². The Kier molecular flexibility index (Phi) is 6.66. The third-order valence-electron chi connectivity index (χ3n) is 4.54. The van der Waals surface area contributed by atoms with Gasteiger partial charge in [0.05, 0.1) is 17.5 Å². The highest BCUT2D eigenvalue weighted by Crippen LogP contribution is 2.28. The zero-order valence-electron chi connectivity index (χ0n) is 16.3. The van der Waals surface area contributed by atoms with Gasteiger partial charge in [-0.05, 0) is 36.8 Å². The summed E-state index contributed by atoms with van der Waals surface area (Å²) < 4.78 is 28.3. The fourth-order valence-electron chi connectivity index (χ4n) is 2.99. The van der Waals surface area contributed by atoms with Crippen molar-refractivity contribution in [3.8, 4) is 11.8 Å². The molecule has 0 amide bonds. The smallest absolute Gasteiger partial charge is 0.207 e. The number of nitrogens with zero attached hydrogens (tertiary/aromatic N) is 1. The van der Waals surface area contributed by atoms with Gasteiger partial charge in [0.15, 0.2) is 0 Å². The fourth-order valence-corrected chi connectivity index (χ4v) is 4.48. The molecular formula is C25H23NO2S. The molecular weight excluding hydrogens is 378 g/mol. The van der Waals surface area contributed by atoms with Gasteiger partial charge in [-0.25, -0.2) is 8.42 Å². The van der Waals surface area contributed by atoms with E-state index in [9.17, 15) is 8.42 Å². The van der Waals surface area contributed by atoms with Crippen molar-refractivity contribution in [2.75, 3.05) is 6.54 Å². The van der Waals surface area contributed by atoms with Crippen molar-refractivity contribution in [2.24, 2.45) is 0 Å². The monoisotopic (exact) mass is 401 g/mol. The Morgan fingerprint density at radius 3 is 2.10 bits per heavy atom. The molecule has 0 aromatic heterocycles. The SMILES string of the molecule is C=C[C@@H](c1ccccc1)N(CC#Cc1ccccc1)S(=O)(=O)c1ccc(C)cc1. The van der Waals surface area contributed by atoms with E-state index in [0.29, 0.717) is 0 Å². The summed E-state index contributed by atoms with van der Waals surface area (Å²) in [5.74, 6) is 6.07. The number of rotatable bonds is 6. The first kappa shape index (κ1) is 20.6. The van der Waals surface area contributed by atoms with E-state index in [1.807, 2.05) is 67.6 Å². The maximum atomic E-state index is 13.5. The quantitative estimate of drug-likeness (QED) is 0.432. The van der Waals surface area contributed by atoms with E-state index in [1.54, 1.807) is 30.3 Å². The molecule has 0 unspecified atom stereocenters. The number of sulfonamides is 1. The van der Waals surface area contributed by atoms with Crippen LogP contribution in [0.25, 0.3) is 0 Å². The predicted molar refractivity (Wildman–Crippen MR) is 118 cm³/mol. The summed E-state index contributed by atoms with van der Waals surface area (Å²) in [6, 6.07) is 25.3. The molecule has 0 N–H and O–H groups in total. The average molecular weight is 402 g/mol. The third kappa shape index (κ3) is 5.03. The van der Waals surface area contributed by atoms with Crippen molar-refractivity contribution in [1.82, 2.24) is 4.31 Å². The van der Waals surface area contributed by atoms with Gasteiger partial charge in [0.2, 0.25) is 10.0 Å². The van der Waals surface area contributed by atoms with E-state index in [2.05, 4.69) is 18.4 Å². The summed E-state index contributed by atoms with van der Waals surface area (Å²) in [5, 5.41) is 0. The van der Waals surface area contributed by atoms with E-state index < -0.39 is 16.1 Å². The Balaban J connectivity index is 2.02. The highest BCUT2D eigenvalue weighted by atomic mass is 32.2. The molecule has 0 aliphatic rings. The number of benzene rings is 3. The van der Waals surface area contributed by atoms with E-state index in [4.69, 9.17) is 0 Å². The Hall–Kier alpha value is -3.13. The summed E-state index contributed by atoms with van der Waals surface area (Å²) in [7, 11) is -3.77. The number of aryl methyl sites for hydroxylation is 1. The Morgan fingerprint density at radius 1 is 0.931 bits per heavy atom. The minimum absolute atomic E-state index is 0.0523. The van der Waals surface area contributed by atoms with E-state index in [-0.39, 0.29) is 11.4 Å². The second-order valence-corrected chi connectivity index (χ2v) is 8.51. The molecule has 0 radical (unpaired) electrons. The molecule has 0 aliphatic heterocycles. The fraction of sp³-hybridized carbons (Fsp3) is 0.120. The first-order chi connectivity index (χ1) is 14.0. The van der Waals surface area contributed by atoms with Gasteiger partial charge in [-0.2, -0.15) is 4.31 Å². The molecule has 1 atom stereocenters. The summed E-state index contributed by atoms with van der Waals surface area (Å²) in [4.78, 5) is 0.243. The normalized spacial score (nSPS) is 12.1. The molecule has 3 rings (SSSR count). The van der Waals surface area contributed by atoms with Crippen LogP contribution in [-0.2, 0) is 10.0 Å². The summed E-state index contributed by atoms with van der Waals surface area (Å²) in [5.41, 5.74) is 2.69. The highest BCUT2D eigenvalue weighted by Gasteiger charge is 2.30. The molecule has 0 spiro atoms. The first-order valence-corrected chi connectivity index (χ1v) is 10.8. The van der Waals surface area contributed by atoms with Gasteiger partial charge >= 0.3 is 0 Å². The topological polar surface area (TPSA) is 37.4 Å². The number of hydrogen-bond acceptors (Lipinski definition) is 2. The van der Waals surface area contributed by atoms with Crippen molar-refractivity contribution in [3.05, 3.63) is 114 Å². The van der Waals surface area contributed by atoms with Crippen molar-refractivity contribution in [3.63, 3.8) is 0 Å². The second kappa shape index (κ2) is 9.38. The Labute approximate surface area is 173 Å². The number of hydrogen-bond donors (Lipinski definition) is 0. The molecule has 146 valence electrons. The van der Waals surface area contributed by atoms with E-state index >= 15 is 0 Å². The van der Waals surface area contributed by atoms with Crippen LogP contribution in [0.5, 0.6) is 0 Å². The Bertz CT molecular complexity index is 1110. The molecule has 0 aliphatic carbocycles. The molecule has 0 saturated carbocycles. The van der Waals surface area contributed by atoms with Gasteiger partial charge in [0.25, 0.3) is 0 Å². The highest BCUT2D eigenvalue weighted by molar-refractivity contribution is 7.89. The second-order valence-electron chi connectivity index (χ2n) is 6.62. The first-order valence-electron chi connectivity index (χ1n) is 9.32. The van der Waals surface area contributed by atoms with E-state index in [1.165, 1.54) is 4.31 Å². The molecule has 0 bridgehead atoms. The van der Waals surface area contributed by atoms with Crippen LogP contribution >= 0.6 is 0 Å². The summed E-state index contributed by atoms with van der Waals surface area (Å²) in [6.45, 7) is 5.87. The van der Waals surface area contributed by atoms with Crippen molar-refractivity contribution in [1.29, 1.82) is 0 Å². The van der Waals surface area contributed by atoms with Crippen molar-refractivity contribution in [2.45, 2.75) is 17.9 Å². The lowest BCUT2D eigenvalue weighted by atomic mass is 10.1. The maximum Gasteiger partial charge on any atom is 0.244 e. The van der Waals surface area contributed by atoms with Crippen LogP contribution in [0.2, 0.25) is 0 Å². The van der Waals surface area contributed by atoms with Crippen LogP contribution in [0.1, 0.15) is 22.7 Å². The molecule has 29 heavy (non-hydrogen) atoms. The van der Waals surface area contributed by atoms with E-state index in [0.717, 1.165) is 16.7 Å². The van der Waals surface area contributed by atoms with Crippen LogP contribution in [0.15, 0.2) is 102 Å². The van der Waals surface area contributed by atoms with Gasteiger partial charge in [0.1, 0.15) is 0 Å². The summed E-state index contributed by atoms with van der Waals surface area (Å²) >= 11 is 0. The lowest BCUT2D eigenvalue weighted by Gasteiger charge is -2.27. The minimum Gasteiger partial charge on any atom is -0.207 e. The van der Waals surface area contributed by atoms with Gasteiger partial charge in [-0.15, -0.1) is 6.58 Å². The molecule has 4 heteroatoms. The van der Waals surface area contributed by atoms with Crippen molar-refractivity contribution < 1.29 is 8.42 Å². The largest absolute Gasteiger partial charge is 0.244 e. The molecule has 0 heterocycles. The van der Waals surface area contributed by atoms with Gasteiger partial charge in [-0.3, -0.25) is 0 Å². The lowest BCUT2D eigenvalue weighted by Crippen LogP contribution is -2.34. The van der Waals surface area contributed by atoms with Crippen LogP contribution in [-0.4, -0.2) is 19.3 Å². The zero-order valence-corrected chi connectivity index (χ0v) is 17.1. The molecule has 3 aromatic rings. The zero-order chi connectivity index (χ0) is 20.7. The molecule has 0 fully saturated rings. The summed E-state index contributed by atoms with van der Waals surface area (Å²) in [6.07, 6.45) is 1.64. The van der Waals surface area contributed by atoms with Crippen LogP contribution in [0.3, 0.4) is 0 Å². The van der Waals surface area contributed by atoms with Crippen LogP contribution in [0, 0.1) is 18.8 Å². The van der Waals surface area contributed by atoms with Crippen molar-refractivity contribution >= 4 is 10.0 Å². The maximum absolute atomic E-state index is 13.5. The average Bonchev–Trinajstić information content (AvgIpc) is 2.75. The van der Waals surface area contributed by atoms with Gasteiger partial charge in [0, 0.05) is 5.56 Å². The van der Waals surface area contributed by atoms with Gasteiger partial charge in [-0.1, -0.05) is 84.1 Å². The standard InChI is InChI=1S/C25H23NO2S/c1-3-25(23-14-8-5-9-15-23)26(20-10-13-22-11-6-4-7-12-22)29(27,28)24-18-16-21(2)17-19-24/h3-9,11-12,14-19,25H,1,20H2,2H3/t25-/m0/s1. The predicted octanol–water partition coefficient (Wildman–Crippen LogP) is 4.96.